The summed E-state index contributed by atoms with van der Waals surface area (Å²) in [5.74, 6) is 0.309. The summed E-state index contributed by atoms with van der Waals surface area (Å²) in [5.41, 5.74) is 2.07. The van der Waals surface area contributed by atoms with Crippen LogP contribution >= 0.6 is 11.3 Å². The molecule has 0 aliphatic carbocycles. The molecular formula is C14H14O3S. The summed E-state index contributed by atoms with van der Waals surface area (Å²) in [7, 11) is 1.35. The van der Waals surface area contributed by atoms with Crippen LogP contribution in [0.5, 0.6) is 5.75 Å². The van der Waals surface area contributed by atoms with Crippen molar-refractivity contribution in [3.63, 3.8) is 0 Å². The Morgan fingerprint density at radius 3 is 2.72 bits per heavy atom. The number of hydrogen-bond acceptors (Lipinski definition) is 4. The maximum Gasteiger partial charge on any atom is 0.346 e. The molecule has 94 valence electrons. The normalized spacial score (nSPS) is 11.9. The molecule has 18 heavy (non-hydrogen) atoms. The second-order valence-corrected chi connectivity index (χ2v) is 4.57. The van der Waals surface area contributed by atoms with E-state index in [9.17, 15) is 4.79 Å². The molecule has 0 unspecified atom stereocenters. The Hall–Kier alpha value is -1.81. The zero-order chi connectivity index (χ0) is 13.0. The average molecular weight is 262 g/mol. The van der Waals surface area contributed by atoms with Crippen molar-refractivity contribution in [2.24, 2.45) is 0 Å². The van der Waals surface area contributed by atoms with Crippen molar-refractivity contribution in [1.82, 2.24) is 0 Å². The van der Waals surface area contributed by atoms with Gasteiger partial charge in [0.1, 0.15) is 5.75 Å². The predicted molar refractivity (Wildman–Crippen MR) is 71.9 cm³/mol. The van der Waals surface area contributed by atoms with E-state index in [2.05, 4.69) is 4.74 Å². The van der Waals surface area contributed by atoms with Crippen LogP contribution in [0.2, 0.25) is 0 Å². The van der Waals surface area contributed by atoms with E-state index in [0.717, 1.165) is 11.1 Å². The monoisotopic (exact) mass is 262 g/mol. The van der Waals surface area contributed by atoms with Gasteiger partial charge >= 0.3 is 5.97 Å². The molecule has 1 heterocycles. The minimum absolute atomic E-state index is 0.380. The minimum atomic E-state index is -0.616. The number of para-hydroxylation sites is 1. The van der Waals surface area contributed by atoms with Gasteiger partial charge in [0.2, 0.25) is 0 Å². The molecule has 0 amide bonds. The van der Waals surface area contributed by atoms with E-state index >= 15 is 0 Å². The summed E-state index contributed by atoms with van der Waals surface area (Å²) in [5, 5.41) is 4.06. The molecule has 1 aromatic carbocycles. The number of methoxy groups -OCH3 is 1. The van der Waals surface area contributed by atoms with E-state index in [1.54, 1.807) is 18.3 Å². The molecule has 2 rings (SSSR count). The van der Waals surface area contributed by atoms with Crippen LogP contribution in [0.4, 0.5) is 0 Å². The first-order chi connectivity index (χ1) is 8.72. The quantitative estimate of drug-likeness (QED) is 0.793. The Kier molecular flexibility index (Phi) is 3.99. The molecule has 0 aliphatic heterocycles. The van der Waals surface area contributed by atoms with Crippen LogP contribution in [0.25, 0.3) is 11.1 Å². The Morgan fingerprint density at radius 1 is 1.28 bits per heavy atom. The lowest BCUT2D eigenvalue weighted by Gasteiger charge is -2.15. The highest BCUT2D eigenvalue weighted by atomic mass is 32.1. The maximum atomic E-state index is 11.4. The second kappa shape index (κ2) is 5.69. The van der Waals surface area contributed by atoms with E-state index in [1.807, 2.05) is 41.1 Å². The Labute approximate surface area is 110 Å². The molecule has 2 aromatic rings. The van der Waals surface area contributed by atoms with Crippen molar-refractivity contribution in [3.8, 4) is 16.9 Å². The van der Waals surface area contributed by atoms with E-state index in [4.69, 9.17) is 4.74 Å². The largest absolute Gasteiger partial charge is 0.478 e. The molecular weight excluding hydrogens is 248 g/mol. The van der Waals surface area contributed by atoms with Gasteiger partial charge in [0.05, 0.1) is 7.11 Å². The van der Waals surface area contributed by atoms with Gasteiger partial charge in [-0.1, -0.05) is 18.2 Å². The third-order valence-electron chi connectivity index (χ3n) is 2.56. The average Bonchev–Trinajstić information content (AvgIpc) is 2.92. The third-order valence-corrected chi connectivity index (χ3v) is 3.24. The fraction of sp³-hybridized carbons (Fsp3) is 0.214. The molecule has 4 heteroatoms. The molecule has 3 nitrogen and oxygen atoms in total. The Balaban J connectivity index is 2.26. The number of thiophene rings is 1. The smallest absolute Gasteiger partial charge is 0.346 e. The minimum Gasteiger partial charge on any atom is -0.478 e. The Bertz CT molecular complexity index is 520. The van der Waals surface area contributed by atoms with Gasteiger partial charge in [-0.3, -0.25) is 0 Å². The van der Waals surface area contributed by atoms with Crippen molar-refractivity contribution in [2.45, 2.75) is 13.0 Å². The highest BCUT2D eigenvalue weighted by Gasteiger charge is 2.16. The molecule has 0 fully saturated rings. The fourth-order valence-corrected chi connectivity index (χ4v) is 2.29. The van der Waals surface area contributed by atoms with Gasteiger partial charge in [-0.2, -0.15) is 11.3 Å². The van der Waals surface area contributed by atoms with Gasteiger partial charge in [-0.05, 0) is 35.4 Å². The number of esters is 1. The van der Waals surface area contributed by atoms with E-state index < -0.39 is 6.10 Å². The van der Waals surface area contributed by atoms with Crippen LogP contribution < -0.4 is 4.74 Å². The molecule has 0 radical (unpaired) electrons. The molecule has 1 aromatic heterocycles. The first-order valence-electron chi connectivity index (χ1n) is 5.58. The summed E-state index contributed by atoms with van der Waals surface area (Å²) < 4.78 is 10.3. The van der Waals surface area contributed by atoms with Gasteiger partial charge in [0, 0.05) is 5.56 Å². The molecule has 0 saturated carbocycles. The number of carbonyl (C=O) groups excluding carboxylic acids is 1. The zero-order valence-electron chi connectivity index (χ0n) is 10.3. The summed E-state index contributed by atoms with van der Waals surface area (Å²) in [6.07, 6.45) is -0.616. The number of carbonyl (C=O) groups is 1. The van der Waals surface area contributed by atoms with Crippen LogP contribution in [0, 0.1) is 0 Å². The summed E-state index contributed by atoms with van der Waals surface area (Å²) in [4.78, 5) is 11.4. The summed E-state index contributed by atoms with van der Waals surface area (Å²) in [6, 6.07) is 9.68. The number of ether oxygens (including phenoxy) is 2. The first-order valence-corrected chi connectivity index (χ1v) is 6.52. The topological polar surface area (TPSA) is 35.5 Å². The lowest BCUT2D eigenvalue weighted by atomic mass is 10.1. The van der Waals surface area contributed by atoms with Gasteiger partial charge in [0.15, 0.2) is 6.10 Å². The number of rotatable bonds is 4. The summed E-state index contributed by atoms with van der Waals surface area (Å²) >= 11 is 1.63. The van der Waals surface area contributed by atoms with Crippen LogP contribution in [0.3, 0.4) is 0 Å². The zero-order valence-corrected chi connectivity index (χ0v) is 11.1. The van der Waals surface area contributed by atoms with Gasteiger partial charge in [-0.25, -0.2) is 4.79 Å². The van der Waals surface area contributed by atoms with Gasteiger partial charge in [-0.15, -0.1) is 0 Å². The van der Waals surface area contributed by atoms with Crippen LogP contribution in [-0.2, 0) is 9.53 Å². The molecule has 1 atom stereocenters. The molecule has 0 bridgehead atoms. The van der Waals surface area contributed by atoms with Crippen molar-refractivity contribution in [1.29, 1.82) is 0 Å². The fourth-order valence-electron chi connectivity index (χ4n) is 1.63. The third kappa shape index (κ3) is 2.71. The highest BCUT2D eigenvalue weighted by molar-refractivity contribution is 7.08. The molecule has 0 saturated heterocycles. The van der Waals surface area contributed by atoms with Crippen molar-refractivity contribution in [2.75, 3.05) is 7.11 Å². The van der Waals surface area contributed by atoms with Crippen molar-refractivity contribution >= 4 is 17.3 Å². The maximum absolute atomic E-state index is 11.4. The van der Waals surface area contributed by atoms with E-state index in [1.165, 1.54) is 7.11 Å². The van der Waals surface area contributed by atoms with Crippen LogP contribution in [0.1, 0.15) is 6.92 Å². The number of hydrogen-bond donors (Lipinski definition) is 0. The van der Waals surface area contributed by atoms with Crippen molar-refractivity contribution < 1.29 is 14.3 Å². The standard InChI is InChI=1S/C14H14O3S/c1-10(14(15)16-2)17-13-6-4-3-5-12(13)11-7-8-18-9-11/h3-10H,1-2H3/t10-/m1/s1. The first kappa shape index (κ1) is 12.6. The summed E-state index contributed by atoms with van der Waals surface area (Å²) in [6.45, 7) is 1.68. The predicted octanol–water partition coefficient (Wildman–Crippen LogP) is 3.36. The van der Waals surface area contributed by atoms with Crippen LogP contribution in [-0.4, -0.2) is 19.2 Å². The Morgan fingerprint density at radius 2 is 2.06 bits per heavy atom. The van der Waals surface area contributed by atoms with Crippen LogP contribution in [0.15, 0.2) is 41.1 Å². The SMILES string of the molecule is COC(=O)[C@@H](C)Oc1ccccc1-c1ccsc1. The lowest BCUT2D eigenvalue weighted by molar-refractivity contribution is -0.147. The van der Waals surface area contributed by atoms with Crippen molar-refractivity contribution in [3.05, 3.63) is 41.1 Å². The van der Waals surface area contributed by atoms with Gasteiger partial charge in [0.25, 0.3) is 0 Å². The molecule has 0 N–H and O–H groups in total. The molecule has 0 aliphatic rings. The second-order valence-electron chi connectivity index (χ2n) is 3.79. The van der Waals surface area contributed by atoms with E-state index in [-0.39, 0.29) is 5.97 Å². The van der Waals surface area contributed by atoms with Gasteiger partial charge < -0.3 is 9.47 Å². The number of benzene rings is 1. The highest BCUT2D eigenvalue weighted by Crippen LogP contribution is 2.31. The van der Waals surface area contributed by atoms with E-state index in [0.29, 0.717) is 5.75 Å². The lowest BCUT2D eigenvalue weighted by Crippen LogP contribution is -2.25. The molecule has 0 spiro atoms.